The van der Waals surface area contributed by atoms with Crippen LogP contribution in [0.15, 0.2) is 24.3 Å². The quantitative estimate of drug-likeness (QED) is 0.641. The first-order chi connectivity index (χ1) is 12.8. The number of amides is 1. The number of nitrogens with one attached hydrogen (secondary N) is 1. The molecule has 146 valence electrons. The van der Waals surface area contributed by atoms with Gasteiger partial charge in [0.2, 0.25) is 5.91 Å². The SMILES string of the molecule is Cc1nn(C)c(C)c1CC(C)C(=O)Nc1cccc(CSCCC(=O)O)c1. The predicted molar refractivity (Wildman–Crippen MR) is 109 cm³/mol. The van der Waals surface area contributed by atoms with Crippen molar-refractivity contribution in [3.05, 3.63) is 46.8 Å². The van der Waals surface area contributed by atoms with Crippen LogP contribution in [0.4, 0.5) is 5.69 Å². The molecule has 0 saturated carbocycles. The van der Waals surface area contributed by atoms with Crippen molar-refractivity contribution in [2.45, 2.75) is 39.4 Å². The predicted octanol–water partition coefficient (Wildman–Crippen LogP) is 3.56. The zero-order valence-corrected chi connectivity index (χ0v) is 17.1. The first-order valence-electron chi connectivity index (χ1n) is 8.96. The number of aryl methyl sites for hydroxylation is 2. The fraction of sp³-hybridized carbons (Fsp3) is 0.450. The Kier molecular flexibility index (Phi) is 7.47. The number of carbonyl (C=O) groups excluding carboxylic acids is 1. The largest absolute Gasteiger partial charge is 0.481 e. The van der Waals surface area contributed by atoms with E-state index in [2.05, 4.69) is 10.4 Å². The summed E-state index contributed by atoms with van der Waals surface area (Å²) in [6.07, 6.45) is 0.813. The first kappa shape index (κ1) is 21.0. The number of thioether (sulfide) groups is 1. The van der Waals surface area contributed by atoms with E-state index < -0.39 is 5.97 Å². The molecule has 2 N–H and O–H groups in total. The standard InChI is InChI=1S/C20H27N3O3S/c1-13(10-18-14(2)22-23(4)15(18)3)20(26)21-17-7-5-6-16(11-17)12-27-9-8-19(24)25/h5-7,11,13H,8-10,12H2,1-4H3,(H,21,26)(H,24,25). The average molecular weight is 390 g/mol. The molecule has 6 nitrogen and oxygen atoms in total. The van der Waals surface area contributed by atoms with E-state index in [9.17, 15) is 9.59 Å². The molecule has 0 bridgehead atoms. The van der Waals surface area contributed by atoms with Crippen LogP contribution in [0.25, 0.3) is 0 Å². The molecule has 0 fully saturated rings. The smallest absolute Gasteiger partial charge is 0.304 e. The van der Waals surface area contributed by atoms with E-state index in [1.165, 1.54) is 0 Å². The number of aromatic nitrogens is 2. The van der Waals surface area contributed by atoms with E-state index >= 15 is 0 Å². The lowest BCUT2D eigenvalue weighted by Gasteiger charge is -2.13. The van der Waals surface area contributed by atoms with E-state index in [0.717, 1.165) is 34.0 Å². The van der Waals surface area contributed by atoms with Gasteiger partial charge in [-0.25, -0.2) is 0 Å². The van der Waals surface area contributed by atoms with E-state index in [4.69, 9.17) is 5.11 Å². The van der Waals surface area contributed by atoms with Crippen molar-refractivity contribution in [1.29, 1.82) is 0 Å². The van der Waals surface area contributed by atoms with Crippen LogP contribution in [-0.2, 0) is 28.8 Å². The van der Waals surface area contributed by atoms with Gasteiger partial charge in [-0.3, -0.25) is 14.3 Å². The third kappa shape index (κ3) is 6.13. The molecule has 7 heteroatoms. The van der Waals surface area contributed by atoms with Crippen LogP contribution in [0, 0.1) is 19.8 Å². The Bertz CT molecular complexity index is 817. The number of hydrogen-bond acceptors (Lipinski definition) is 4. The average Bonchev–Trinajstić information content (AvgIpc) is 2.85. The molecule has 1 heterocycles. The summed E-state index contributed by atoms with van der Waals surface area (Å²) in [5.41, 5.74) is 5.02. The van der Waals surface area contributed by atoms with Crippen LogP contribution < -0.4 is 5.32 Å². The van der Waals surface area contributed by atoms with Crippen LogP contribution in [0.1, 0.15) is 35.9 Å². The number of carboxylic acid groups (broad SMARTS) is 1. The van der Waals surface area contributed by atoms with Crippen molar-refractivity contribution in [3.63, 3.8) is 0 Å². The second kappa shape index (κ2) is 9.60. The number of hydrogen-bond donors (Lipinski definition) is 2. The highest BCUT2D eigenvalue weighted by atomic mass is 32.2. The minimum atomic E-state index is -0.781. The maximum absolute atomic E-state index is 12.6. The molecule has 2 aromatic rings. The molecule has 0 spiro atoms. The van der Waals surface area contributed by atoms with E-state index in [0.29, 0.717) is 12.2 Å². The molecule has 1 amide bonds. The Balaban J connectivity index is 1.92. The normalized spacial score (nSPS) is 12.0. The van der Waals surface area contributed by atoms with Gasteiger partial charge in [0.05, 0.1) is 12.1 Å². The molecule has 1 atom stereocenters. The lowest BCUT2D eigenvalue weighted by atomic mass is 9.98. The highest BCUT2D eigenvalue weighted by molar-refractivity contribution is 7.98. The van der Waals surface area contributed by atoms with Crippen molar-refractivity contribution in [1.82, 2.24) is 9.78 Å². The molecule has 0 aliphatic carbocycles. The van der Waals surface area contributed by atoms with Crippen molar-refractivity contribution in [3.8, 4) is 0 Å². The van der Waals surface area contributed by atoms with E-state index in [1.807, 2.05) is 56.8 Å². The van der Waals surface area contributed by atoms with Gasteiger partial charge in [0.25, 0.3) is 0 Å². The van der Waals surface area contributed by atoms with Crippen molar-refractivity contribution >= 4 is 29.3 Å². The Morgan fingerprint density at radius 3 is 2.70 bits per heavy atom. The zero-order valence-electron chi connectivity index (χ0n) is 16.3. The van der Waals surface area contributed by atoms with Crippen LogP contribution in [0.5, 0.6) is 0 Å². The molecule has 27 heavy (non-hydrogen) atoms. The van der Waals surface area contributed by atoms with Gasteiger partial charge in [-0.2, -0.15) is 16.9 Å². The molecule has 0 aliphatic heterocycles. The number of rotatable bonds is 9. The maximum Gasteiger partial charge on any atom is 0.304 e. The maximum atomic E-state index is 12.6. The lowest BCUT2D eigenvalue weighted by molar-refractivity contribution is -0.136. The second-order valence-corrected chi connectivity index (χ2v) is 7.87. The number of carboxylic acids is 1. The molecule has 1 aromatic carbocycles. The minimum Gasteiger partial charge on any atom is -0.481 e. The third-order valence-corrected chi connectivity index (χ3v) is 5.57. The number of carbonyl (C=O) groups is 2. The highest BCUT2D eigenvalue weighted by Gasteiger charge is 2.18. The van der Waals surface area contributed by atoms with Crippen molar-refractivity contribution < 1.29 is 14.7 Å². The summed E-state index contributed by atoms with van der Waals surface area (Å²) in [4.78, 5) is 23.1. The van der Waals surface area contributed by atoms with Crippen LogP contribution >= 0.6 is 11.8 Å². The Labute approximate surface area is 164 Å². The van der Waals surface area contributed by atoms with Crippen LogP contribution in [0.2, 0.25) is 0 Å². The Morgan fingerprint density at radius 2 is 2.07 bits per heavy atom. The van der Waals surface area contributed by atoms with Crippen LogP contribution in [0.3, 0.4) is 0 Å². The summed E-state index contributed by atoms with van der Waals surface area (Å²) in [6.45, 7) is 5.91. The van der Waals surface area contributed by atoms with Gasteiger partial charge in [0.1, 0.15) is 0 Å². The van der Waals surface area contributed by atoms with Gasteiger partial charge < -0.3 is 10.4 Å². The molecule has 0 radical (unpaired) electrons. The number of aliphatic carboxylic acids is 1. The highest BCUT2D eigenvalue weighted by Crippen LogP contribution is 2.20. The summed E-state index contributed by atoms with van der Waals surface area (Å²) in [5.74, 6) is 0.332. The van der Waals surface area contributed by atoms with E-state index in [1.54, 1.807) is 11.8 Å². The van der Waals surface area contributed by atoms with E-state index in [-0.39, 0.29) is 18.2 Å². The summed E-state index contributed by atoms with van der Waals surface area (Å²) < 4.78 is 1.85. The fourth-order valence-corrected chi connectivity index (χ4v) is 3.74. The first-order valence-corrected chi connectivity index (χ1v) is 10.1. The molecule has 1 aromatic heterocycles. The molecule has 0 aliphatic rings. The Morgan fingerprint density at radius 1 is 1.33 bits per heavy atom. The topological polar surface area (TPSA) is 84.2 Å². The van der Waals surface area contributed by atoms with Gasteiger partial charge in [0, 0.05) is 35.9 Å². The minimum absolute atomic E-state index is 0.0201. The summed E-state index contributed by atoms with van der Waals surface area (Å²) in [5, 5.41) is 16.1. The van der Waals surface area contributed by atoms with Gasteiger partial charge >= 0.3 is 5.97 Å². The number of anilines is 1. The second-order valence-electron chi connectivity index (χ2n) is 6.76. The molecular formula is C20H27N3O3S. The van der Waals surface area contributed by atoms with Crippen LogP contribution in [-0.4, -0.2) is 32.5 Å². The Hall–Kier alpha value is -2.28. The molecule has 1 unspecified atom stereocenters. The summed E-state index contributed by atoms with van der Waals surface area (Å²) in [6, 6.07) is 7.70. The summed E-state index contributed by atoms with van der Waals surface area (Å²) in [7, 11) is 1.91. The van der Waals surface area contributed by atoms with Gasteiger partial charge in [0.15, 0.2) is 0 Å². The fourth-order valence-electron chi connectivity index (χ4n) is 2.87. The zero-order chi connectivity index (χ0) is 20.0. The number of nitrogens with zero attached hydrogens (tertiary/aromatic N) is 2. The molecular weight excluding hydrogens is 362 g/mol. The van der Waals surface area contributed by atoms with Gasteiger partial charge in [-0.05, 0) is 43.5 Å². The molecule has 2 rings (SSSR count). The molecule has 0 saturated heterocycles. The third-order valence-electron chi connectivity index (χ3n) is 4.54. The van der Waals surface area contributed by atoms with Gasteiger partial charge in [-0.15, -0.1) is 0 Å². The summed E-state index contributed by atoms with van der Waals surface area (Å²) >= 11 is 1.57. The van der Waals surface area contributed by atoms with Crippen molar-refractivity contribution in [2.24, 2.45) is 13.0 Å². The number of benzene rings is 1. The van der Waals surface area contributed by atoms with Gasteiger partial charge in [-0.1, -0.05) is 19.1 Å². The monoisotopic (exact) mass is 389 g/mol. The lowest BCUT2D eigenvalue weighted by Crippen LogP contribution is -2.22. The van der Waals surface area contributed by atoms with Crippen molar-refractivity contribution in [2.75, 3.05) is 11.1 Å².